The average molecular weight is 298 g/mol. The lowest BCUT2D eigenvalue weighted by atomic mass is 10.1. The fourth-order valence-electron chi connectivity index (χ4n) is 2.51. The highest BCUT2D eigenvalue weighted by Gasteiger charge is 2.09. The molecule has 0 fully saturated rings. The minimum absolute atomic E-state index is 0.0460. The van der Waals surface area contributed by atoms with Gasteiger partial charge in [0.15, 0.2) is 6.61 Å². The van der Waals surface area contributed by atoms with Gasteiger partial charge in [-0.2, -0.15) is 0 Å². The average Bonchev–Trinajstić information content (AvgIpc) is 2.39. The molecular formula is C18H22N2O2. The number of rotatable bonds is 4. The molecule has 2 aromatic rings. The van der Waals surface area contributed by atoms with E-state index in [-0.39, 0.29) is 12.5 Å². The van der Waals surface area contributed by atoms with Crippen LogP contribution in [0.25, 0.3) is 0 Å². The Balaban J connectivity index is 2.02. The number of hydrogen-bond donors (Lipinski definition) is 2. The Hall–Kier alpha value is -2.49. The minimum Gasteiger partial charge on any atom is -0.484 e. The van der Waals surface area contributed by atoms with Crippen LogP contribution in [0.1, 0.15) is 22.3 Å². The second-order valence-electron chi connectivity index (χ2n) is 5.71. The summed E-state index contributed by atoms with van der Waals surface area (Å²) in [6, 6.07) is 9.70. The molecule has 0 aromatic heterocycles. The minimum atomic E-state index is -0.224. The zero-order valence-corrected chi connectivity index (χ0v) is 13.5. The molecule has 0 aliphatic carbocycles. The van der Waals surface area contributed by atoms with Gasteiger partial charge in [-0.3, -0.25) is 4.79 Å². The first-order valence-electron chi connectivity index (χ1n) is 7.23. The van der Waals surface area contributed by atoms with Gasteiger partial charge in [-0.05, 0) is 68.1 Å². The third-order valence-electron chi connectivity index (χ3n) is 3.34. The summed E-state index contributed by atoms with van der Waals surface area (Å²) in [5.74, 6) is 0.471. The molecule has 0 heterocycles. The van der Waals surface area contributed by atoms with Gasteiger partial charge in [0.25, 0.3) is 5.91 Å². The standard InChI is InChI=1S/C18H22N2O2/c1-11-5-12(2)8-15(7-11)22-10-17(21)20-18-14(4)6-13(3)9-16(18)19/h5-9H,10,19H2,1-4H3,(H,20,21). The Labute approximate surface area is 131 Å². The number of amides is 1. The summed E-state index contributed by atoms with van der Waals surface area (Å²) in [6.45, 7) is 7.84. The molecule has 0 spiro atoms. The molecule has 0 bridgehead atoms. The summed E-state index contributed by atoms with van der Waals surface area (Å²) in [7, 11) is 0. The Morgan fingerprint density at radius 3 is 2.18 bits per heavy atom. The molecule has 0 atom stereocenters. The van der Waals surface area contributed by atoms with E-state index in [1.54, 1.807) is 0 Å². The zero-order chi connectivity index (χ0) is 16.3. The highest BCUT2D eigenvalue weighted by atomic mass is 16.5. The lowest BCUT2D eigenvalue weighted by Crippen LogP contribution is -2.21. The van der Waals surface area contributed by atoms with Crippen molar-refractivity contribution >= 4 is 17.3 Å². The van der Waals surface area contributed by atoms with Gasteiger partial charge in [0, 0.05) is 0 Å². The van der Waals surface area contributed by atoms with Crippen LogP contribution in [0.15, 0.2) is 30.3 Å². The largest absolute Gasteiger partial charge is 0.484 e. The molecule has 116 valence electrons. The predicted molar refractivity (Wildman–Crippen MR) is 90.4 cm³/mol. The quantitative estimate of drug-likeness (QED) is 0.849. The van der Waals surface area contributed by atoms with E-state index in [2.05, 4.69) is 11.4 Å². The third kappa shape index (κ3) is 4.01. The molecule has 0 aliphatic rings. The van der Waals surface area contributed by atoms with Gasteiger partial charge in [-0.1, -0.05) is 12.1 Å². The molecule has 0 unspecified atom stereocenters. The Morgan fingerprint density at radius 2 is 1.59 bits per heavy atom. The molecule has 22 heavy (non-hydrogen) atoms. The van der Waals surface area contributed by atoms with Crippen molar-refractivity contribution in [2.75, 3.05) is 17.7 Å². The predicted octanol–water partition coefficient (Wildman–Crippen LogP) is 3.52. The number of benzene rings is 2. The van der Waals surface area contributed by atoms with Gasteiger partial charge < -0.3 is 15.8 Å². The van der Waals surface area contributed by atoms with Crippen molar-refractivity contribution in [2.24, 2.45) is 0 Å². The van der Waals surface area contributed by atoms with E-state index in [0.29, 0.717) is 17.1 Å². The van der Waals surface area contributed by atoms with Gasteiger partial charge in [-0.15, -0.1) is 0 Å². The molecule has 1 amide bonds. The first-order valence-corrected chi connectivity index (χ1v) is 7.23. The molecule has 2 aromatic carbocycles. The van der Waals surface area contributed by atoms with Gasteiger partial charge >= 0.3 is 0 Å². The summed E-state index contributed by atoms with van der Waals surface area (Å²) in [6.07, 6.45) is 0. The van der Waals surface area contributed by atoms with E-state index in [9.17, 15) is 4.79 Å². The number of carbonyl (C=O) groups is 1. The van der Waals surface area contributed by atoms with Gasteiger partial charge in [0.2, 0.25) is 0 Å². The normalized spacial score (nSPS) is 10.4. The maximum Gasteiger partial charge on any atom is 0.262 e. The van der Waals surface area contributed by atoms with E-state index < -0.39 is 0 Å². The highest BCUT2D eigenvalue weighted by Crippen LogP contribution is 2.24. The summed E-state index contributed by atoms with van der Waals surface area (Å²) in [5, 5.41) is 2.82. The first-order chi connectivity index (χ1) is 10.3. The summed E-state index contributed by atoms with van der Waals surface area (Å²) in [5.41, 5.74) is 11.4. The lowest BCUT2D eigenvalue weighted by Gasteiger charge is -2.13. The summed E-state index contributed by atoms with van der Waals surface area (Å²) < 4.78 is 5.55. The second kappa shape index (κ2) is 6.52. The van der Waals surface area contributed by atoms with Gasteiger partial charge in [0.1, 0.15) is 5.75 Å². The zero-order valence-electron chi connectivity index (χ0n) is 13.5. The lowest BCUT2D eigenvalue weighted by molar-refractivity contribution is -0.118. The number of anilines is 2. The van der Waals surface area contributed by atoms with Crippen molar-refractivity contribution in [2.45, 2.75) is 27.7 Å². The van der Waals surface area contributed by atoms with E-state index in [0.717, 1.165) is 22.3 Å². The maximum atomic E-state index is 12.1. The summed E-state index contributed by atoms with van der Waals surface area (Å²) in [4.78, 5) is 12.1. The molecule has 3 N–H and O–H groups in total. The number of aryl methyl sites for hydroxylation is 4. The maximum absolute atomic E-state index is 12.1. The highest BCUT2D eigenvalue weighted by molar-refractivity contribution is 5.95. The number of nitrogens with one attached hydrogen (secondary N) is 1. The van der Waals surface area contributed by atoms with Crippen molar-refractivity contribution in [1.29, 1.82) is 0 Å². The van der Waals surface area contributed by atoms with Crippen molar-refractivity contribution in [3.63, 3.8) is 0 Å². The number of hydrogen-bond acceptors (Lipinski definition) is 3. The molecule has 0 saturated heterocycles. The molecule has 0 saturated carbocycles. The Morgan fingerprint density at radius 1 is 1.00 bits per heavy atom. The molecule has 0 radical (unpaired) electrons. The molecule has 2 rings (SSSR count). The van der Waals surface area contributed by atoms with E-state index in [1.807, 2.05) is 52.0 Å². The van der Waals surface area contributed by atoms with E-state index >= 15 is 0 Å². The topological polar surface area (TPSA) is 64.3 Å². The van der Waals surface area contributed by atoms with Crippen LogP contribution in [-0.4, -0.2) is 12.5 Å². The van der Waals surface area contributed by atoms with Crippen molar-refractivity contribution in [3.8, 4) is 5.75 Å². The monoisotopic (exact) mass is 298 g/mol. The van der Waals surface area contributed by atoms with Crippen molar-refractivity contribution < 1.29 is 9.53 Å². The van der Waals surface area contributed by atoms with Gasteiger partial charge in [-0.25, -0.2) is 0 Å². The molecule has 0 aliphatic heterocycles. The number of ether oxygens (including phenoxy) is 1. The van der Waals surface area contributed by atoms with Gasteiger partial charge in [0.05, 0.1) is 11.4 Å². The van der Waals surface area contributed by atoms with Crippen LogP contribution in [0.2, 0.25) is 0 Å². The second-order valence-corrected chi connectivity index (χ2v) is 5.71. The van der Waals surface area contributed by atoms with Crippen LogP contribution in [0.4, 0.5) is 11.4 Å². The smallest absolute Gasteiger partial charge is 0.262 e. The first kappa shape index (κ1) is 15.9. The molecular weight excluding hydrogens is 276 g/mol. The van der Waals surface area contributed by atoms with Crippen LogP contribution >= 0.6 is 0 Å². The third-order valence-corrected chi connectivity index (χ3v) is 3.34. The van der Waals surface area contributed by atoms with Crippen LogP contribution in [0.5, 0.6) is 5.75 Å². The number of carbonyl (C=O) groups excluding carboxylic acids is 1. The summed E-state index contributed by atoms with van der Waals surface area (Å²) >= 11 is 0. The van der Waals surface area contributed by atoms with Crippen LogP contribution in [0, 0.1) is 27.7 Å². The molecule has 4 nitrogen and oxygen atoms in total. The fraction of sp³-hybridized carbons (Fsp3) is 0.278. The van der Waals surface area contributed by atoms with Crippen LogP contribution in [-0.2, 0) is 4.79 Å². The van der Waals surface area contributed by atoms with E-state index in [1.165, 1.54) is 0 Å². The Kier molecular flexibility index (Phi) is 4.71. The number of nitrogen functional groups attached to an aromatic ring is 1. The number of nitrogens with two attached hydrogens (primary N) is 1. The van der Waals surface area contributed by atoms with Crippen molar-refractivity contribution in [3.05, 3.63) is 52.6 Å². The van der Waals surface area contributed by atoms with Crippen molar-refractivity contribution in [1.82, 2.24) is 0 Å². The van der Waals surface area contributed by atoms with Crippen LogP contribution < -0.4 is 15.8 Å². The van der Waals surface area contributed by atoms with E-state index in [4.69, 9.17) is 10.5 Å². The Bertz CT molecular complexity index is 665. The van der Waals surface area contributed by atoms with Crippen LogP contribution in [0.3, 0.4) is 0 Å². The fourth-order valence-corrected chi connectivity index (χ4v) is 2.51. The molecule has 4 heteroatoms. The SMILES string of the molecule is Cc1cc(C)cc(OCC(=O)Nc2c(C)cc(C)cc2N)c1.